The molecule has 2 unspecified atom stereocenters. The number of rotatable bonds is 3. The van der Waals surface area contributed by atoms with E-state index in [4.69, 9.17) is 4.42 Å². The van der Waals surface area contributed by atoms with E-state index in [0.29, 0.717) is 28.7 Å². The molecule has 124 valence electrons. The number of thioether (sulfide) groups is 1. The van der Waals surface area contributed by atoms with Crippen molar-refractivity contribution >= 4 is 34.3 Å². The average Bonchev–Trinajstić information content (AvgIpc) is 3.16. The number of aliphatic hydroxyl groups is 1. The summed E-state index contributed by atoms with van der Waals surface area (Å²) in [6.45, 7) is 1.83. The van der Waals surface area contributed by atoms with Crippen molar-refractivity contribution in [3.63, 3.8) is 0 Å². The third kappa shape index (κ3) is 2.14. The molecule has 1 fully saturated rings. The van der Waals surface area contributed by atoms with E-state index in [9.17, 15) is 14.7 Å². The average molecular weight is 342 g/mol. The first-order valence-electron chi connectivity index (χ1n) is 8.10. The normalized spacial score (nSPS) is 23.3. The Morgan fingerprint density at radius 3 is 2.79 bits per heavy atom. The van der Waals surface area contributed by atoms with Crippen LogP contribution in [0.1, 0.15) is 35.4 Å². The standard InChI is InChI=1S/C19H18O4S/c1-9-7-13-12(5-6-14(24-2)19(13)23-9)18(22)15-16(20)10-3-4-11(8-10)17(15)21/h5-7,10-11,20H,3-4,8H2,1-2H3. The Labute approximate surface area is 143 Å². The molecule has 24 heavy (non-hydrogen) atoms. The number of aryl methyl sites for hydroxylation is 1. The summed E-state index contributed by atoms with van der Waals surface area (Å²) in [5.74, 6) is -0.0356. The van der Waals surface area contributed by atoms with Crippen molar-refractivity contribution in [3.05, 3.63) is 40.9 Å². The molecular weight excluding hydrogens is 324 g/mol. The monoisotopic (exact) mass is 342 g/mol. The molecule has 0 saturated heterocycles. The van der Waals surface area contributed by atoms with Crippen LogP contribution in [0.2, 0.25) is 0 Å². The Hall–Kier alpha value is -2.01. The van der Waals surface area contributed by atoms with Crippen molar-refractivity contribution in [1.29, 1.82) is 0 Å². The molecule has 2 aromatic rings. The number of allylic oxidation sites excluding steroid dienone is 2. The van der Waals surface area contributed by atoms with E-state index in [1.165, 1.54) is 0 Å². The third-order valence-corrected chi connectivity index (χ3v) is 5.92. The first-order valence-corrected chi connectivity index (χ1v) is 9.33. The van der Waals surface area contributed by atoms with Crippen LogP contribution in [0.5, 0.6) is 0 Å². The van der Waals surface area contributed by atoms with Gasteiger partial charge in [-0.2, -0.15) is 0 Å². The van der Waals surface area contributed by atoms with Crippen LogP contribution in [0, 0.1) is 18.8 Å². The molecule has 1 aromatic carbocycles. The molecule has 0 amide bonds. The van der Waals surface area contributed by atoms with Crippen molar-refractivity contribution in [2.24, 2.45) is 11.8 Å². The molecule has 2 aliphatic rings. The number of hydrogen-bond acceptors (Lipinski definition) is 5. The van der Waals surface area contributed by atoms with Gasteiger partial charge in [-0.1, -0.05) is 0 Å². The first kappa shape index (κ1) is 15.5. The molecule has 1 N–H and O–H groups in total. The highest BCUT2D eigenvalue weighted by molar-refractivity contribution is 7.98. The zero-order valence-electron chi connectivity index (χ0n) is 13.6. The van der Waals surface area contributed by atoms with Crippen LogP contribution < -0.4 is 0 Å². The van der Waals surface area contributed by atoms with Crippen LogP contribution in [-0.2, 0) is 4.79 Å². The van der Waals surface area contributed by atoms with Crippen LogP contribution in [-0.4, -0.2) is 22.9 Å². The van der Waals surface area contributed by atoms with Crippen molar-refractivity contribution in [2.45, 2.75) is 31.1 Å². The summed E-state index contributed by atoms with van der Waals surface area (Å²) in [6, 6.07) is 5.39. The third-order valence-electron chi connectivity index (χ3n) is 5.15. The second-order valence-corrected chi connectivity index (χ2v) is 7.42. The minimum absolute atomic E-state index is 0.00851. The van der Waals surface area contributed by atoms with E-state index in [1.807, 2.05) is 25.3 Å². The molecule has 2 atom stereocenters. The van der Waals surface area contributed by atoms with Crippen molar-refractivity contribution in [2.75, 3.05) is 6.26 Å². The number of Topliss-reactive ketones (excluding diaryl/α,β-unsaturated/α-hetero) is 2. The summed E-state index contributed by atoms with van der Waals surface area (Å²) in [6.07, 6.45) is 4.17. The van der Waals surface area contributed by atoms with Crippen molar-refractivity contribution < 1.29 is 19.1 Å². The van der Waals surface area contributed by atoms with Gasteiger partial charge in [0, 0.05) is 22.8 Å². The summed E-state index contributed by atoms with van der Waals surface area (Å²) >= 11 is 1.55. The van der Waals surface area contributed by atoms with Gasteiger partial charge in [0.2, 0.25) is 5.78 Å². The highest BCUT2D eigenvalue weighted by atomic mass is 32.2. The Kier molecular flexibility index (Phi) is 3.57. The minimum Gasteiger partial charge on any atom is -0.511 e. The summed E-state index contributed by atoms with van der Waals surface area (Å²) in [5.41, 5.74) is 1.08. The molecule has 4 rings (SSSR count). The smallest absolute Gasteiger partial charge is 0.200 e. The fraction of sp³-hybridized carbons (Fsp3) is 0.368. The molecule has 0 aliphatic heterocycles. The summed E-state index contributed by atoms with van der Waals surface area (Å²) < 4.78 is 5.74. The maximum Gasteiger partial charge on any atom is 0.200 e. The predicted molar refractivity (Wildman–Crippen MR) is 92.6 cm³/mol. The quantitative estimate of drug-likeness (QED) is 0.507. The number of carbonyl (C=O) groups is 2. The number of carbonyl (C=O) groups excluding carboxylic acids is 2. The molecule has 1 saturated carbocycles. The topological polar surface area (TPSA) is 67.5 Å². The van der Waals surface area contributed by atoms with Crippen LogP contribution >= 0.6 is 11.8 Å². The zero-order chi connectivity index (χ0) is 17.0. The molecule has 5 heteroatoms. The minimum atomic E-state index is -0.382. The number of aliphatic hydroxyl groups excluding tert-OH is 1. The van der Waals surface area contributed by atoms with E-state index in [1.54, 1.807) is 17.8 Å². The van der Waals surface area contributed by atoms with Gasteiger partial charge in [0.05, 0.1) is 4.90 Å². The van der Waals surface area contributed by atoms with Gasteiger partial charge in [-0.05, 0) is 50.6 Å². The Morgan fingerprint density at radius 1 is 1.29 bits per heavy atom. The van der Waals surface area contributed by atoms with Crippen LogP contribution in [0.25, 0.3) is 11.0 Å². The number of ketones is 2. The molecule has 1 aromatic heterocycles. The predicted octanol–water partition coefficient (Wildman–Crippen LogP) is 4.46. The van der Waals surface area contributed by atoms with Gasteiger partial charge in [-0.3, -0.25) is 9.59 Å². The van der Waals surface area contributed by atoms with E-state index < -0.39 is 0 Å². The Bertz CT molecular complexity index is 905. The van der Waals surface area contributed by atoms with Gasteiger partial charge >= 0.3 is 0 Å². The van der Waals surface area contributed by atoms with E-state index in [2.05, 4.69) is 0 Å². The molecule has 2 aliphatic carbocycles. The highest BCUT2D eigenvalue weighted by Gasteiger charge is 2.43. The zero-order valence-corrected chi connectivity index (χ0v) is 14.4. The maximum absolute atomic E-state index is 13.1. The van der Waals surface area contributed by atoms with Crippen molar-refractivity contribution in [3.8, 4) is 0 Å². The highest BCUT2D eigenvalue weighted by Crippen LogP contribution is 2.43. The second-order valence-electron chi connectivity index (χ2n) is 6.58. The van der Waals surface area contributed by atoms with Crippen molar-refractivity contribution in [1.82, 2.24) is 0 Å². The fourth-order valence-corrected chi connectivity index (χ4v) is 4.49. The van der Waals surface area contributed by atoms with E-state index in [-0.39, 0.29) is 34.7 Å². The van der Waals surface area contributed by atoms with Gasteiger partial charge in [0.15, 0.2) is 5.78 Å². The van der Waals surface area contributed by atoms with E-state index in [0.717, 1.165) is 17.7 Å². The van der Waals surface area contributed by atoms with Crippen LogP contribution in [0.4, 0.5) is 0 Å². The molecular formula is C19H18O4S. The Morgan fingerprint density at radius 2 is 2.04 bits per heavy atom. The number of furan rings is 1. The molecule has 2 bridgehead atoms. The molecule has 1 heterocycles. The van der Waals surface area contributed by atoms with Gasteiger partial charge in [-0.25, -0.2) is 0 Å². The fourth-order valence-electron chi connectivity index (χ4n) is 3.95. The SMILES string of the molecule is CSc1ccc(C(=O)C2=C(O)C3CCC(C3)C2=O)c2cc(C)oc12. The lowest BCUT2D eigenvalue weighted by molar-refractivity contribution is -0.119. The second kappa shape index (κ2) is 5.52. The first-order chi connectivity index (χ1) is 11.5. The van der Waals surface area contributed by atoms with Gasteiger partial charge in [0.1, 0.15) is 22.7 Å². The van der Waals surface area contributed by atoms with Crippen LogP contribution in [0.3, 0.4) is 0 Å². The van der Waals surface area contributed by atoms with Gasteiger partial charge in [0.25, 0.3) is 0 Å². The lowest BCUT2D eigenvalue weighted by Crippen LogP contribution is -2.27. The number of benzene rings is 1. The molecule has 0 spiro atoms. The number of fused-ring (bicyclic) bond motifs is 3. The maximum atomic E-state index is 13.1. The largest absolute Gasteiger partial charge is 0.511 e. The molecule has 4 nitrogen and oxygen atoms in total. The summed E-state index contributed by atoms with van der Waals surface area (Å²) in [5, 5.41) is 11.2. The summed E-state index contributed by atoms with van der Waals surface area (Å²) in [7, 11) is 0. The lowest BCUT2D eigenvalue weighted by Gasteiger charge is -2.21. The van der Waals surface area contributed by atoms with E-state index >= 15 is 0 Å². The van der Waals surface area contributed by atoms with Gasteiger partial charge in [-0.15, -0.1) is 11.8 Å². The summed E-state index contributed by atoms with van der Waals surface area (Å²) in [4.78, 5) is 26.6. The lowest BCUT2D eigenvalue weighted by atomic mass is 9.83. The number of hydrogen-bond donors (Lipinski definition) is 1. The van der Waals surface area contributed by atoms with Crippen LogP contribution in [0.15, 0.2) is 38.8 Å². The van der Waals surface area contributed by atoms with Gasteiger partial charge < -0.3 is 9.52 Å². The molecule has 0 radical (unpaired) electrons. The Balaban J connectivity index is 1.88.